The van der Waals surface area contributed by atoms with E-state index in [-0.39, 0.29) is 23.2 Å². The van der Waals surface area contributed by atoms with Crippen molar-refractivity contribution in [3.8, 4) is 0 Å². The molecule has 0 bridgehead atoms. The van der Waals surface area contributed by atoms with E-state index in [1.54, 1.807) is 0 Å². The average molecular weight is 351 g/mol. The number of likely N-dealkylation sites (tertiary alicyclic amines) is 2. The molecule has 3 heterocycles. The van der Waals surface area contributed by atoms with Crippen molar-refractivity contribution in [2.75, 3.05) is 26.2 Å². The van der Waals surface area contributed by atoms with E-state index in [0.717, 1.165) is 38.8 Å². The van der Waals surface area contributed by atoms with E-state index in [1.165, 1.54) is 32.4 Å². The Morgan fingerprint density at radius 3 is 2.20 bits per heavy atom. The molecule has 1 unspecified atom stereocenters. The van der Waals surface area contributed by atoms with E-state index < -0.39 is 0 Å². The van der Waals surface area contributed by atoms with E-state index in [0.29, 0.717) is 6.04 Å². The molecule has 3 fully saturated rings. The second kappa shape index (κ2) is 7.43. The molecule has 25 heavy (non-hydrogen) atoms. The highest BCUT2D eigenvalue weighted by atomic mass is 16.2. The number of nitrogens with one attached hydrogen (secondary N) is 2. The number of amides is 2. The first-order chi connectivity index (χ1) is 11.7. The molecule has 2 amide bonds. The molecule has 3 rings (SSSR count). The van der Waals surface area contributed by atoms with Crippen LogP contribution in [0.1, 0.15) is 72.6 Å². The molecular weight excluding hydrogens is 312 g/mol. The molecule has 0 aromatic carbocycles. The zero-order valence-corrected chi connectivity index (χ0v) is 16.7. The van der Waals surface area contributed by atoms with E-state index in [2.05, 4.69) is 48.1 Å². The average Bonchev–Trinajstić information content (AvgIpc) is 2.88. The highest BCUT2D eigenvalue weighted by Gasteiger charge is 2.38. The van der Waals surface area contributed by atoms with Crippen LogP contribution in [0, 0.1) is 0 Å². The molecule has 0 spiro atoms. The molecule has 144 valence electrons. The Morgan fingerprint density at radius 2 is 1.56 bits per heavy atom. The molecular formula is C20H38N4O. The standard InChI is InChI=1S/C20H38N4O/c1-19(2)14-16(15-20(3,4)22-19)21-18(25)24-12-7-8-17(9-13-24)23-10-5-6-11-23/h16-17,22H,5-15H2,1-4H3,(H,21,25). The Balaban J connectivity index is 1.52. The molecule has 5 nitrogen and oxygen atoms in total. The van der Waals surface area contributed by atoms with Gasteiger partial charge in [-0.1, -0.05) is 0 Å². The quantitative estimate of drug-likeness (QED) is 0.805. The van der Waals surface area contributed by atoms with Crippen LogP contribution in [0.25, 0.3) is 0 Å². The number of carbonyl (C=O) groups excluding carboxylic acids is 1. The van der Waals surface area contributed by atoms with Gasteiger partial charge in [-0.25, -0.2) is 4.79 Å². The van der Waals surface area contributed by atoms with Crippen molar-refractivity contribution in [2.45, 2.75) is 95.8 Å². The number of hydrogen-bond acceptors (Lipinski definition) is 3. The molecule has 0 aliphatic carbocycles. The summed E-state index contributed by atoms with van der Waals surface area (Å²) in [5.74, 6) is 0. The molecule has 0 radical (unpaired) electrons. The van der Waals surface area contributed by atoms with Gasteiger partial charge < -0.3 is 20.4 Å². The van der Waals surface area contributed by atoms with Crippen LogP contribution >= 0.6 is 0 Å². The van der Waals surface area contributed by atoms with Gasteiger partial charge in [0, 0.05) is 36.3 Å². The zero-order valence-electron chi connectivity index (χ0n) is 16.7. The van der Waals surface area contributed by atoms with Gasteiger partial charge in [-0.3, -0.25) is 0 Å². The van der Waals surface area contributed by atoms with Gasteiger partial charge in [0.25, 0.3) is 0 Å². The van der Waals surface area contributed by atoms with Crippen LogP contribution in [0.5, 0.6) is 0 Å². The minimum absolute atomic E-state index is 0.0688. The highest BCUT2D eigenvalue weighted by Crippen LogP contribution is 2.29. The lowest BCUT2D eigenvalue weighted by atomic mass is 9.80. The lowest BCUT2D eigenvalue weighted by Crippen LogP contribution is -2.63. The topological polar surface area (TPSA) is 47.6 Å². The van der Waals surface area contributed by atoms with Crippen LogP contribution in [0.2, 0.25) is 0 Å². The number of piperidine rings is 1. The van der Waals surface area contributed by atoms with Gasteiger partial charge in [-0.05, 0) is 85.7 Å². The third kappa shape index (κ3) is 5.10. The van der Waals surface area contributed by atoms with Crippen LogP contribution in [-0.4, -0.2) is 65.2 Å². The van der Waals surface area contributed by atoms with E-state index in [4.69, 9.17) is 0 Å². The Kier molecular flexibility index (Phi) is 5.64. The fraction of sp³-hybridized carbons (Fsp3) is 0.950. The maximum absolute atomic E-state index is 12.8. The van der Waals surface area contributed by atoms with Gasteiger partial charge in [0.1, 0.15) is 0 Å². The van der Waals surface area contributed by atoms with Crippen LogP contribution in [0.4, 0.5) is 4.79 Å². The summed E-state index contributed by atoms with van der Waals surface area (Å²) < 4.78 is 0. The van der Waals surface area contributed by atoms with Crippen LogP contribution in [0.3, 0.4) is 0 Å². The lowest BCUT2D eigenvalue weighted by Gasteiger charge is -2.46. The zero-order chi connectivity index (χ0) is 18.1. The first-order valence-electron chi connectivity index (χ1n) is 10.3. The Bertz CT molecular complexity index is 454. The van der Waals surface area contributed by atoms with Crippen molar-refractivity contribution in [1.82, 2.24) is 20.4 Å². The third-order valence-corrected chi connectivity index (χ3v) is 6.16. The van der Waals surface area contributed by atoms with Gasteiger partial charge in [-0.15, -0.1) is 0 Å². The third-order valence-electron chi connectivity index (χ3n) is 6.16. The largest absolute Gasteiger partial charge is 0.335 e. The molecule has 3 aliphatic rings. The molecule has 0 saturated carbocycles. The molecule has 3 saturated heterocycles. The monoisotopic (exact) mass is 350 g/mol. The van der Waals surface area contributed by atoms with Crippen molar-refractivity contribution in [1.29, 1.82) is 0 Å². The Labute approximate surface area is 153 Å². The summed E-state index contributed by atoms with van der Waals surface area (Å²) in [5, 5.41) is 7.04. The fourth-order valence-electron chi connectivity index (χ4n) is 5.44. The van der Waals surface area contributed by atoms with Gasteiger partial charge >= 0.3 is 6.03 Å². The van der Waals surface area contributed by atoms with Crippen molar-refractivity contribution < 1.29 is 4.79 Å². The summed E-state index contributed by atoms with van der Waals surface area (Å²) in [6, 6.07) is 1.11. The van der Waals surface area contributed by atoms with Crippen LogP contribution < -0.4 is 10.6 Å². The summed E-state index contributed by atoms with van der Waals surface area (Å²) in [4.78, 5) is 17.6. The summed E-state index contributed by atoms with van der Waals surface area (Å²) in [7, 11) is 0. The fourth-order valence-corrected chi connectivity index (χ4v) is 5.44. The molecule has 3 aliphatic heterocycles. The van der Waals surface area contributed by atoms with E-state index in [1.807, 2.05) is 0 Å². The van der Waals surface area contributed by atoms with Crippen LogP contribution in [-0.2, 0) is 0 Å². The Hall–Kier alpha value is -0.810. The first-order valence-corrected chi connectivity index (χ1v) is 10.3. The molecule has 0 aromatic rings. The van der Waals surface area contributed by atoms with Gasteiger partial charge in [0.15, 0.2) is 0 Å². The lowest BCUT2D eigenvalue weighted by molar-refractivity contribution is 0.138. The highest BCUT2D eigenvalue weighted by molar-refractivity contribution is 5.74. The maximum Gasteiger partial charge on any atom is 0.317 e. The van der Waals surface area contributed by atoms with E-state index >= 15 is 0 Å². The Morgan fingerprint density at radius 1 is 0.920 bits per heavy atom. The van der Waals surface area contributed by atoms with Crippen molar-refractivity contribution in [3.63, 3.8) is 0 Å². The number of hydrogen-bond donors (Lipinski definition) is 2. The summed E-state index contributed by atoms with van der Waals surface area (Å²) in [6.07, 6.45) is 8.20. The van der Waals surface area contributed by atoms with Gasteiger partial charge in [-0.2, -0.15) is 0 Å². The molecule has 5 heteroatoms. The smallest absolute Gasteiger partial charge is 0.317 e. The first kappa shape index (κ1) is 19.0. The van der Waals surface area contributed by atoms with E-state index in [9.17, 15) is 4.79 Å². The summed E-state index contributed by atoms with van der Waals surface area (Å²) in [6.45, 7) is 13.3. The van der Waals surface area contributed by atoms with Gasteiger partial charge in [0.05, 0.1) is 0 Å². The second-order valence-electron chi connectivity index (χ2n) is 9.76. The molecule has 2 N–H and O–H groups in total. The van der Waals surface area contributed by atoms with Crippen molar-refractivity contribution in [2.24, 2.45) is 0 Å². The number of carbonyl (C=O) groups is 1. The van der Waals surface area contributed by atoms with Crippen molar-refractivity contribution >= 4 is 6.03 Å². The second-order valence-corrected chi connectivity index (χ2v) is 9.76. The number of urea groups is 1. The summed E-state index contributed by atoms with van der Waals surface area (Å²) in [5.41, 5.74) is 0.138. The van der Waals surface area contributed by atoms with Gasteiger partial charge in [0.2, 0.25) is 0 Å². The number of rotatable bonds is 2. The summed E-state index contributed by atoms with van der Waals surface area (Å²) >= 11 is 0. The predicted octanol–water partition coefficient (Wildman–Crippen LogP) is 2.96. The SMILES string of the molecule is CC1(C)CC(NC(=O)N2CCCC(N3CCCC3)CC2)CC(C)(C)N1. The maximum atomic E-state index is 12.8. The molecule has 1 atom stereocenters. The minimum Gasteiger partial charge on any atom is -0.335 e. The van der Waals surface area contributed by atoms with Crippen molar-refractivity contribution in [3.05, 3.63) is 0 Å². The normalized spacial score (nSPS) is 30.9. The van der Waals surface area contributed by atoms with Crippen LogP contribution in [0.15, 0.2) is 0 Å². The number of nitrogens with zero attached hydrogens (tertiary/aromatic N) is 2. The molecule has 0 aromatic heterocycles. The minimum atomic E-state index is 0.0688. The predicted molar refractivity (Wildman–Crippen MR) is 103 cm³/mol.